The zero-order valence-electron chi connectivity index (χ0n) is 12.9. The highest BCUT2D eigenvalue weighted by atomic mass is 19.1. The minimum Gasteiger partial charge on any atom is -0.377 e. The highest BCUT2D eigenvalue weighted by Gasteiger charge is 2.38. The van der Waals surface area contributed by atoms with Crippen LogP contribution in [0.5, 0.6) is 0 Å². The summed E-state index contributed by atoms with van der Waals surface area (Å²) in [6.45, 7) is 4.31. The van der Waals surface area contributed by atoms with Gasteiger partial charge in [0.2, 0.25) is 0 Å². The SMILES string of the molecule is Cc1cc(C)c2c(c1)[C@@H]1C=CC[C@H]1[C@@H](c1cccc(F)c1)N2. The third-order valence-corrected chi connectivity index (χ3v) is 5.02. The number of anilines is 1. The van der Waals surface area contributed by atoms with Crippen molar-refractivity contribution in [3.8, 4) is 0 Å². The number of rotatable bonds is 1. The summed E-state index contributed by atoms with van der Waals surface area (Å²) in [6, 6.07) is 11.7. The molecule has 112 valence electrons. The van der Waals surface area contributed by atoms with E-state index in [1.54, 1.807) is 12.1 Å². The van der Waals surface area contributed by atoms with Gasteiger partial charge in [-0.1, -0.05) is 42.0 Å². The van der Waals surface area contributed by atoms with E-state index in [1.165, 1.54) is 28.4 Å². The normalized spacial score (nSPS) is 25.5. The zero-order chi connectivity index (χ0) is 15.3. The van der Waals surface area contributed by atoms with Gasteiger partial charge >= 0.3 is 0 Å². The molecule has 2 aromatic rings. The van der Waals surface area contributed by atoms with Crippen LogP contribution >= 0.6 is 0 Å². The number of fused-ring (bicyclic) bond motifs is 3. The van der Waals surface area contributed by atoms with Crippen LogP contribution in [0.1, 0.15) is 40.6 Å². The first kappa shape index (κ1) is 13.6. The van der Waals surface area contributed by atoms with Crippen molar-refractivity contribution in [2.75, 3.05) is 5.32 Å². The molecule has 2 aromatic carbocycles. The molecular weight excluding hydrogens is 273 g/mol. The highest BCUT2D eigenvalue weighted by molar-refractivity contribution is 5.65. The Morgan fingerprint density at radius 2 is 2.00 bits per heavy atom. The van der Waals surface area contributed by atoms with E-state index in [0.29, 0.717) is 11.8 Å². The summed E-state index contributed by atoms with van der Waals surface area (Å²) in [5.41, 5.74) is 6.25. The molecule has 1 N–H and O–H groups in total. The van der Waals surface area contributed by atoms with E-state index in [1.807, 2.05) is 6.07 Å². The third-order valence-electron chi connectivity index (χ3n) is 5.02. The smallest absolute Gasteiger partial charge is 0.123 e. The molecule has 1 nitrogen and oxygen atoms in total. The van der Waals surface area contributed by atoms with Crippen molar-refractivity contribution in [3.05, 3.63) is 76.6 Å². The van der Waals surface area contributed by atoms with Crippen LogP contribution in [0.4, 0.5) is 10.1 Å². The molecule has 4 rings (SSSR count). The predicted molar refractivity (Wildman–Crippen MR) is 88.7 cm³/mol. The van der Waals surface area contributed by atoms with Gasteiger partial charge in [-0.2, -0.15) is 0 Å². The van der Waals surface area contributed by atoms with Crippen LogP contribution in [0.3, 0.4) is 0 Å². The number of halogens is 1. The second kappa shape index (κ2) is 4.98. The molecule has 0 saturated heterocycles. The molecular formula is C20H20FN. The molecule has 1 heterocycles. The molecule has 0 bridgehead atoms. The lowest BCUT2D eigenvalue weighted by Gasteiger charge is -2.38. The summed E-state index contributed by atoms with van der Waals surface area (Å²) in [7, 11) is 0. The standard InChI is InChI=1S/C20H20FN/c1-12-9-13(2)19-18(10-12)16-7-4-8-17(16)20(22-19)14-5-3-6-15(21)11-14/h3-7,9-11,16-17,20,22H,8H2,1-2H3/t16-,17-,20-/m1/s1. The Kier molecular flexibility index (Phi) is 3.07. The minimum absolute atomic E-state index is 0.159. The number of hydrogen-bond donors (Lipinski definition) is 1. The number of nitrogens with one attached hydrogen (secondary N) is 1. The van der Waals surface area contributed by atoms with Crippen LogP contribution in [0.2, 0.25) is 0 Å². The number of hydrogen-bond acceptors (Lipinski definition) is 1. The van der Waals surface area contributed by atoms with Crippen LogP contribution < -0.4 is 5.32 Å². The van der Waals surface area contributed by atoms with Gasteiger partial charge < -0.3 is 5.32 Å². The van der Waals surface area contributed by atoms with Crippen molar-refractivity contribution >= 4 is 5.69 Å². The molecule has 0 unspecified atom stereocenters. The van der Waals surface area contributed by atoms with Crippen molar-refractivity contribution in [2.24, 2.45) is 5.92 Å². The summed E-state index contributed by atoms with van der Waals surface area (Å²) < 4.78 is 13.7. The summed E-state index contributed by atoms with van der Waals surface area (Å²) in [4.78, 5) is 0. The molecule has 2 heteroatoms. The lowest BCUT2D eigenvalue weighted by atomic mass is 9.76. The maximum Gasteiger partial charge on any atom is 0.123 e. The van der Waals surface area contributed by atoms with Crippen LogP contribution in [0.25, 0.3) is 0 Å². The fourth-order valence-corrected chi connectivity index (χ4v) is 4.10. The largest absolute Gasteiger partial charge is 0.377 e. The zero-order valence-corrected chi connectivity index (χ0v) is 12.9. The third kappa shape index (κ3) is 2.06. The quantitative estimate of drug-likeness (QED) is 0.706. The summed E-state index contributed by atoms with van der Waals surface area (Å²) in [6.07, 6.45) is 5.65. The Labute approximate surface area is 130 Å². The summed E-state index contributed by atoms with van der Waals surface area (Å²) in [5, 5.41) is 3.70. The van der Waals surface area contributed by atoms with Crippen LogP contribution in [-0.4, -0.2) is 0 Å². The first-order chi connectivity index (χ1) is 10.6. The maximum absolute atomic E-state index is 13.7. The Bertz CT molecular complexity index is 762. The van der Waals surface area contributed by atoms with Crippen molar-refractivity contribution < 1.29 is 4.39 Å². The molecule has 22 heavy (non-hydrogen) atoms. The van der Waals surface area contributed by atoms with Crippen molar-refractivity contribution in [1.29, 1.82) is 0 Å². The van der Waals surface area contributed by atoms with Gasteiger partial charge in [-0.25, -0.2) is 4.39 Å². The summed E-state index contributed by atoms with van der Waals surface area (Å²) in [5.74, 6) is 0.742. The van der Waals surface area contributed by atoms with Gasteiger partial charge in [0, 0.05) is 11.6 Å². The van der Waals surface area contributed by atoms with E-state index in [-0.39, 0.29) is 11.9 Å². The molecule has 0 fully saturated rings. The average molecular weight is 293 g/mol. The van der Waals surface area contributed by atoms with Gasteiger partial charge in [0.05, 0.1) is 6.04 Å². The van der Waals surface area contributed by atoms with E-state index < -0.39 is 0 Å². The van der Waals surface area contributed by atoms with Crippen LogP contribution in [0, 0.1) is 25.6 Å². The maximum atomic E-state index is 13.7. The van der Waals surface area contributed by atoms with Gasteiger partial charge in [0.15, 0.2) is 0 Å². The molecule has 0 amide bonds. The number of aryl methyl sites for hydroxylation is 2. The molecule has 2 aliphatic rings. The Morgan fingerprint density at radius 1 is 1.14 bits per heavy atom. The van der Waals surface area contributed by atoms with Crippen molar-refractivity contribution in [1.82, 2.24) is 0 Å². The lowest BCUT2D eigenvalue weighted by Crippen LogP contribution is -2.29. The fraction of sp³-hybridized carbons (Fsp3) is 0.300. The van der Waals surface area contributed by atoms with Crippen LogP contribution in [-0.2, 0) is 0 Å². The van der Waals surface area contributed by atoms with Gasteiger partial charge in [0.1, 0.15) is 5.82 Å². The highest BCUT2D eigenvalue weighted by Crippen LogP contribution is 2.50. The van der Waals surface area contributed by atoms with Crippen molar-refractivity contribution in [3.63, 3.8) is 0 Å². The molecule has 1 aliphatic carbocycles. The number of allylic oxidation sites excluding steroid dienone is 2. The van der Waals surface area contributed by atoms with Gasteiger partial charge in [0.25, 0.3) is 0 Å². The van der Waals surface area contributed by atoms with Gasteiger partial charge in [-0.3, -0.25) is 0 Å². The van der Waals surface area contributed by atoms with Gasteiger partial charge in [-0.15, -0.1) is 0 Å². The molecule has 1 aliphatic heterocycles. The first-order valence-electron chi connectivity index (χ1n) is 7.93. The predicted octanol–water partition coefficient (Wildman–Crippen LogP) is 5.27. The average Bonchev–Trinajstić information content (AvgIpc) is 2.96. The molecule has 0 radical (unpaired) electrons. The first-order valence-corrected chi connectivity index (χ1v) is 7.93. The lowest BCUT2D eigenvalue weighted by molar-refractivity contribution is 0.423. The minimum atomic E-state index is -0.159. The monoisotopic (exact) mass is 293 g/mol. The Balaban J connectivity index is 1.84. The molecule has 0 aromatic heterocycles. The topological polar surface area (TPSA) is 12.0 Å². The van der Waals surface area contributed by atoms with Gasteiger partial charge in [-0.05, 0) is 55.0 Å². The molecule has 3 atom stereocenters. The van der Waals surface area contributed by atoms with E-state index in [9.17, 15) is 4.39 Å². The van der Waals surface area contributed by atoms with Crippen LogP contribution in [0.15, 0.2) is 48.6 Å². The fourth-order valence-electron chi connectivity index (χ4n) is 4.10. The number of benzene rings is 2. The Hall–Kier alpha value is -2.09. The van der Waals surface area contributed by atoms with E-state index in [4.69, 9.17) is 0 Å². The summed E-state index contributed by atoms with van der Waals surface area (Å²) >= 11 is 0. The second-order valence-corrected chi connectivity index (χ2v) is 6.58. The molecule has 0 spiro atoms. The molecule has 0 saturated carbocycles. The Morgan fingerprint density at radius 3 is 2.82 bits per heavy atom. The van der Waals surface area contributed by atoms with E-state index in [2.05, 4.69) is 43.4 Å². The second-order valence-electron chi connectivity index (χ2n) is 6.58. The van der Waals surface area contributed by atoms with E-state index >= 15 is 0 Å². The van der Waals surface area contributed by atoms with E-state index in [0.717, 1.165) is 12.0 Å². The van der Waals surface area contributed by atoms with Crippen molar-refractivity contribution in [2.45, 2.75) is 32.2 Å².